The van der Waals surface area contributed by atoms with Crippen molar-refractivity contribution in [1.29, 1.82) is 0 Å². The molecule has 1 saturated heterocycles. The fourth-order valence-electron chi connectivity index (χ4n) is 2.31. The smallest absolute Gasteiger partial charge is 0.306 e. The zero-order valence-corrected chi connectivity index (χ0v) is 13.4. The number of ether oxygens (including phenoxy) is 3. The molecule has 2 unspecified atom stereocenters. The normalized spacial score (nSPS) is 21.6. The number of hydrogen-bond acceptors (Lipinski definition) is 4. The van der Waals surface area contributed by atoms with Crippen LogP contribution in [0, 0.1) is 0 Å². The second-order valence-electron chi connectivity index (χ2n) is 6.33. The Labute approximate surface area is 123 Å². The highest BCUT2D eigenvalue weighted by molar-refractivity contribution is 5.70. The van der Waals surface area contributed by atoms with E-state index in [9.17, 15) is 4.79 Å². The van der Waals surface area contributed by atoms with Crippen LogP contribution >= 0.6 is 0 Å². The lowest BCUT2D eigenvalue weighted by Crippen LogP contribution is -2.26. The summed E-state index contributed by atoms with van der Waals surface area (Å²) in [6.45, 7) is 6.96. The summed E-state index contributed by atoms with van der Waals surface area (Å²) < 4.78 is 16.5. The van der Waals surface area contributed by atoms with Gasteiger partial charge in [0.05, 0.1) is 11.7 Å². The summed E-state index contributed by atoms with van der Waals surface area (Å²) in [6.07, 6.45) is 6.89. The minimum absolute atomic E-state index is 0.0349. The summed E-state index contributed by atoms with van der Waals surface area (Å²) in [4.78, 5) is 11.2. The zero-order valence-electron chi connectivity index (χ0n) is 13.4. The molecule has 0 bridgehead atoms. The number of hydrogen-bond donors (Lipinski definition) is 0. The van der Waals surface area contributed by atoms with Gasteiger partial charge in [-0.05, 0) is 59.3 Å². The van der Waals surface area contributed by atoms with Gasteiger partial charge in [0, 0.05) is 20.1 Å². The van der Waals surface area contributed by atoms with E-state index in [1.165, 1.54) is 0 Å². The molecule has 20 heavy (non-hydrogen) atoms. The molecule has 0 spiro atoms. The lowest BCUT2D eigenvalue weighted by atomic mass is 10.0. The van der Waals surface area contributed by atoms with Crippen molar-refractivity contribution < 1.29 is 19.0 Å². The molecule has 0 radical (unpaired) electrons. The molecule has 0 aromatic carbocycles. The van der Waals surface area contributed by atoms with E-state index in [0.29, 0.717) is 6.42 Å². The Kier molecular flexibility index (Phi) is 7.52. The highest BCUT2D eigenvalue weighted by Crippen LogP contribution is 2.20. The third kappa shape index (κ3) is 7.25. The molecule has 1 heterocycles. The third-order valence-electron chi connectivity index (χ3n) is 4.00. The van der Waals surface area contributed by atoms with Gasteiger partial charge < -0.3 is 14.2 Å². The molecule has 0 aromatic heterocycles. The highest BCUT2D eigenvalue weighted by atomic mass is 16.5. The predicted octanol–water partition coefficient (Wildman–Crippen LogP) is 3.47. The molecule has 4 nitrogen and oxygen atoms in total. The largest absolute Gasteiger partial charge is 0.462 e. The van der Waals surface area contributed by atoms with Crippen molar-refractivity contribution in [3.63, 3.8) is 0 Å². The van der Waals surface area contributed by atoms with Crippen LogP contribution in [0.2, 0.25) is 0 Å². The van der Waals surface area contributed by atoms with Gasteiger partial charge >= 0.3 is 5.97 Å². The molecule has 1 rings (SSSR count). The Morgan fingerprint density at radius 1 is 1.45 bits per heavy atom. The lowest BCUT2D eigenvalue weighted by molar-refractivity contribution is -0.154. The van der Waals surface area contributed by atoms with Crippen LogP contribution in [0.4, 0.5) is 0 Å². The first-order valence-corrected chi connectivity index (χ1v) is 7.79. The van der Waals surface area contributed by atoms with E-state index in [2.05, 4.69) is 20.8 Å². The van der Waals surface area contributed by atoms with Gasteiger partial charge in [0.15, 0.2) is 0 Å². The van der Waals surface area contributed by atoms with Gasteiger partial charge in [0.1, 0.15) is 6.10 Å². The second-order valence-corrected chi connectivity index (χ2v) is 6.33. The van der Waals surface area contributed by atoms with Crippen molar-refractivity contribution in [2.45, 2.75) is 83.5 Å². The molecule has 4 heteroatoms. The molecule has 0 aromatic rings. The lowest BCUT2D eigenvalue weighted by Gasteiger charge is -2.24. The maximum atomic E-state index is 11.2. The SMILES string of the molecule is COC(C)(C)CCOC(C)CCCC1CCCC(=O)O1. The van der Waals surface area contributed by atoms with Crippen molar-refractivity contribution >= 4 is 5.97 Å². The van der Waals surface area contributed by atoms with Gasteiger partial charge in [-0.3, -0.25) is 4.79 Å². The van der Waals surface area contributed by atoms with Crippen LogP contribution in [0.3, 0.4) is 0 Å². The summed E-state index contributed by atoms with van der Waals surface area (Å²) >= 11 is 0. The zero-order chi connectivity index (χ0) is 15.0. The summed E-state index contributed by atoms with van der Waals surface area (Å²) in [5, 5.41) is 0. The summed E-state index contributed by atoms with van der Waals surface area (Å²) in [5.41, 5.74) is -0.115. The van der Waals surface area contributed by atoms with Crippen molar-refractivity contribution in [1.82, 2.24) is 0 Å². The van der Waals surface area contributed by atoms with Crippen LogP contribution in [-0.2, 0) is 19.0 Å². The van der Waals surface area contributed by atoms with Gasteiger partial charge in [-0.25, -0.2) is 0 Å². The van der Waals surface area contributed by atoms with Gasteiger partial charge in [-0.15, -0.1) is 0 Å². The molecule has 0 aliphatic carbocycles. The predicted molar refractivity (Wildman–Crippen MR) is 78.7 cm³/mol. The molecule has 118 valence electrons. The first-order chi connectivity index (χ1) is 9.43. The Bertz CT molecular complexity index is 288. The van der Waals surface area contributed by atoms with Crippen molar-refractivity contribution in [3.8, 4) is 0 Å². The highest BCUT2D eigenvalue weighted by Gasteiger charge is 2.20. The topological polar surface area (TPSA) is 44.8 Å². The minimum atomic E-state index is -0.115. The number of methoxy groups -OCH3 is 1. The number of carbonyl (C=O) groups excluding carboxylic acids is 1. The van der Waals surface area contributed by atoms with Crippen LogP contribution in [0.1, 0.15) is 65.7 Å². The first kappa shape index (κ1) is 17.4. The Hall–Kier alpha value is -0.610. The monoisotopic (exact) mass is 286 g/mol. The maximum Gasteiger partial charge on any atom is 0.306 e. The quantitative estimate of drug-likeness (QED) is 0.609. The van der Waals surface area contributed by atoms with E-state index < -0.39 is 0 Å². The second kappa shape index (κ2) is 8.63. The van der Waals surface area contributed by atoms with Crippen LogP contribution in [0.15, 0.2) is 0 Å². The van der Waals surface area contributed by atoms with Gasteiger partial charge in [-0.1, -0.05) is 0 Å². The van der Waals surface area contributed by atoms with Crippen LogP contribution in [-0.4, -0.2) is 37.5 Å². The van der Waals surface area contributed by atoms with E-state index in [1.807, 2.05) is 0 Å². The Morgan fingerprint density at radius 2 is 2.20 bits per heavy atom. The van der Waals surface area contributed by atoms with Gasteiger partial charge in [-0.2, -0.15) is 0 Å². The standard InChI is InChI=1S/C16H30O4/c1-13(19-12-11-16(2,3)18-4)7-5-8-14-9-6-10-15(17)20-14/h13-14H,5-12H2,1-4H3. The summed E-state index contributed by atoms with van der Waals surface area (Å²) in [6, 6.07) is 0. The molecular formula is C16H30O4. The van der Waals surface area contributed by atoms with Crippen molar-refractivity contribution in [2.24, 2.45) is 0 Å². The minimum Gasteiger partial charge on any atom is -0.462 e. The summed E-state index contributed by atoms with van der Waals surface area (Å²) in [7, 11) is 1.73. The molecular weight excluding hydrogens is 256 g/mol. The van der Waals surface area contributed by atoms with Crippen LogP contribution in [0.5, 0.6) is 0 Å². The van der Waals surface area contributed by atoms with E-state index in [0.717, 1.165) is 45.1 Å². The molecule has 0 amide bonds. The molecule has 1 fully saturated rings. The van der Waals surface area contributed by atoms with Crippen molar-refractivity contribution in [3.05, 3.63) is 0 Å². The van der Waals surface area contributed by atoms with Gasteiger partial charge in [0.2, 0.25) is 0 Å². The van der Waals surface area contributed by atoms with Gasteiger partial charge in [0.25, 0.3) is 0 Å². The maximum absolute atomic E-state index is 11.2. The average Bonchev–Trinajstić information content (AvgIpc) is 2.38. The number of esters is 1. The van der Waals surface area contributed by atoms with Crippen LogP contribution < -0.4 is 0 Å². The molecule has 1 aliphatic rings. The molecule has 1 aliphatic heterocycles. The average molecular weight is 286 g/mol. The fourth-order valence-corrected chi connectivity index (χ4v) is 2.31. The van der Waals surface area contributed by atoms with E-state index >= 15 is 0 Å². The summed E-state index contributed by atoms with van der Waals surface area (Å²) in [5.74, 6) is -0.0349. The Morgan fingerprint density at radius 3 is 2.85 bits per heavy atom. The number of cyclic esters (lactones) is 1. The first-order valence-electron chi connectivity index (χ1n) is 7.79. The molecule has 0 N–H and O–H groups in total. The van der Waals surface area contributed by atoms with E-state index in [1.54, 1.807) is 7.11 Å². The fraction of sp³-hybridized carbons (Fsp3) is 0.938. The van der Waals surface area contributed by atoms with Crippen molar-refractivity contribution in [2.75, 3.05) is 13.7 Å². The Balaban J connectivity index is 2.05. The molecule has 0 saturated carbocycles. The van der Waals surface area contributed by atoms with Crippen LogP contribution in [0.25, 0.3) is 0 Å². The third-order valence-corrected chi connectivity index (χ3v) is 4.00. The number of rotatable bonds is 9. The van der Waals surface area contributed by atoms with E-state index in [4.69, 9.17) is 14.2 Å². The van der Waals surface area contributed by atoms with E-state index in [-0.39, 0.29) is 23.8 Å². The molecule has 2 atom stereocenters. The number of carbonyl (C=O) groups is 1.